The van der Waals surface area contributed by atoms with E-state index in [0.29, 0.717) is 38.7 Å². The number of allylic oxidation sites excluding steroid dienone is 1. The summed E-state index contributed by atoms with van der Waals surface area (Å²) in [5.41, 5.74) is 3.89. The first-order valence-electron chi connectivity index (χ1n) is 13.9. The summed E-state index contributed by atoms with van der Waals surface area (Å²) >= 11 is 1.66. The highest BCUT2D eigenvalue weighted by Gasteiger charge is 2.38. The minimum absolute atomic E-state index is 0.00297. The molecule has 1 aliphatic rings. The summed E-state index contributed by atoms with van der Waals surface area (Å²) in [6, 6.07) is 14.0. The average Bonchev–Trinajstić information content (AvgIpc) is 3.36. The number of aromatic nitrogens is 1. The molecular formula is C31H40N2O6S. The Morgan fingerprint density at radius 3 is 2.55 bits per heavy atom. The number of nitrogens with zero attached hydrogens (tertiary/aromatic N) is 1. The molecule has 2 aromatic carbocycles. The number of carbonyl (C=O) groups is 1. The number of aryl methyl sites for hydroxylation is 1. The van der Waals surface area contributed by atoms with Crippen LogP contribution in [0.4, 0.5) is 5.69 Å². The lowest BCUT2D eigenvalue weighted by Gasteiger charge is -2.38. The quantitative estimate of drug-likeness (QED) is 0.238. The van der Waals surface area contributed by atoms with Crippen LogP contribution < -0.4 is 5.32 Å². The molecule has 0 radical (unpaired) electrons. The van der Waals surface area contributed by atoms with Gasteiger partial charge in [-0.15, -0.1) is 11.3 Å². The Labute approximate surface area is 240 Å². The first-order valence-corrected chi connectivity index (χ1v) is 14.8. The smallest absolute Gasteiger partial charge is 0.290 e. The number of thiazole rings is 1. The van der Waals surface area contributed by atoms with E-state index in [1.165, 1.54) is 5.56 Å². The number of hydrogen-bond acceptors (Lipinski definition) is 8. The lowest BCUT2D eigenvalue weighted by molar-refractivity contribution is -0.175. The zero-order valence-corrected chi connectivity index (χ0v) is 24.5. The molecule has 1 amide bonds. The third-order valence-corrected chi connectivity index (χ3v) is 7.96. The summed E-state index contributed by atoms with van der Waals surface area (Å²) in [5, 5.41) is 12.7. The molecule has 3 atom stereocenters. The van der Waals surface area contributed by atoms with Gasteiger partial charge in [0, 0.05) is 30.4 Å². The first-order chi connectivity index (χ1) is 19.4. The van der Waals surface area contributed by atoms with E-state index in [1.54, 1.807) is 11.3 Å². The zero-order valence-electron chi connectivity index (χ0n) is 23.7. The minimum Gasteiger partial charge on any atom is -0.459 e. The van der Waals surface area contributed by atoms with Gasteiger partial charge in [-0.3, -0.25) is 4.79 Å². The molecule has 3 unspecified atom stereocenters. The fourth-order valence-corrected chi connectivity index (χ4v) is 5.92. The molecule has 1 aliphatic heterocycles. The monoisotopic (exact) mass is 568 g/mol. The molecule has 216 valence electrons. The number of aliphatic hydroxyl groups excluding tert-OH is 1. The van der Waals surface area contributed by atoms with Gasteiger partial charge in [-0.25, -0.2) is 4.98 Å². The Kier molecular flexibility index (Phi) is 11.1. The number of amides is 1. The van der Waals surface area contributed by atoms with Crippen molar-refractivity contribution in [1.29, 1.82) is 0 Å². The fraction of sp³-hybridized carbons (Fsp3) is 0.484. The molecule has 0 aliphatic carbocycles. The van der Waals surface area contributed by atoms with Crippen molar-refractivity contribution in [3.05, 3.63) is 59.9 Å². The Morgan fingerprint density at radius 2 is 1.85 bits per heavy atom. The van der Waals surface area contributed by atoms with Crippen molar-refractivity contribution in [1.82, 2.24) is 4.98 Å². The fourth-order valence-electron chi connectivity index (χ4n) is 4.85. The zero-order chi connectivity index (χ0) is 28.5. The Balaban J connectivity index is 1.40. The molecule has 4 rings (SSSR count). The van der Waals surface area contributed by atoms with Crippen LogP contribution in [-0.4, -0.2) is 61.9 Å². The van der Waals surface area contributed by atoms with Gasteiger partial charge in [0.1, 0.15) is 5.01 Å². The predicted molar refractivity (Wildman–Crippen MR) is 158 cm³/mol. The van der Waals surface area contributed by atoms with Crippen LogP contribution in [0, 0.1) is 24.7 Å². The van der Waals surface area contributed by atoms with Crippen LogP contribution in [0.5, 0.6) is 0 Å². The summed E-state index contributed by atoms with van der Waals surface area (Å²) in [7, 11) is 0. The van der Waals surface area contributed by atoms with Gasteiger partial charge in [0.25, 0.3) is 5.91 Å². The van der Waals surface area contributed by atoms with Crippen molar-refractivity contribution >= 4 is 33.1 Å². The maximum Gasteiger partial charge on any atom is 0.290 e. The van der Waals surface area contributed by atoms with E-state index in [-0.39, 0.29) is 36.0 Å². The molecule has 2 heterocycles. The van der Waals surface area contributed by atoms with E-state index in [0.717, 1.165) is 27.2 Å². The molecule has 1 aromatic heterocycles. The number of fused-ring (bicyclic) bond motifs is 1. The van der Waals surface area contributed by atoms with Gasteiger partial charge in [0.05, 0.1) is 36.6 Å². The highest BCUT2D eigenvalue weighted by atomic mass is 32.1. The molecule has 0 fully saturated rings. The number of benzene rings is 2. The van der Waals surface area contributed by atoms with Crippen LogP contribution in [0.25, 0.3) is 20.8 Å². The van der Waals surface area contributed by atoms with Crippen molar-refractivity contribution in [3.8, 4) is 10.6 Å². The molecule has 40 heavy (non-hydrogen) atoms. The van der Waals surface area contributed by atoms with Gasteiger partial charge < -0.3 is 29.4 Å². The van der Waals surface area contributed by atoms with Crippen LogP contribution in [-0.2, 0) is 23.7 Å². The summed E-state index contributed by atoms with van der Waals surface area (Å²) < 4.78 is 24.2. The molecule has 8 nitrogen and oxygen atoms in total. The summed E-state index contributed by atoms with van der Waals surface area (Å²) in [4.78, 5) is 18.0. The second kappa shape index (κ2) is 14.7. The average molecular weight is 569 g/mol. The second-order valence-corrected chi connectivity index (χ2v) is 11.2. The third kappa shape index (κ3) is 7.89. The highest BCUT2D eigenvalue weighted by Crippen LogP contribution is 2.37. The van der Waals surface area contributed by atoms with Gasteiger partial charge in [0.15, 0.2) is 5.76 Å². The normalized spacial score (nSPS) is 19.1. The lowest BCUT2D eigenvalue weighted by atomic mass is 9.79. The molecule has 2 N–H and O–H groups in total. The summed E-state index contributed by atoms with van der Waals surface area (Å²) in [6.07, 6.45) is 2.12. The number of hydrogen-bond donors (Lipinski definition) is 2. The number of anilines is 1. The van der Waals surface area contributed by atoms with Crippen LogP contribution in [0.3, 0.4) is 0 Å². The lowest BCUT2D eigenvalue weighted by Crippen LogP contribution is -2.40. The van der Waals surface area contributed by atoms with E-state index < -0.39 is 6.29 Å². The van der Waals surface area contributed by atoms with E-state index in [1.807, 2.05) is 43.3 Å². The second-order valence-electron chi connectivity index (χ2n) is 10.2. The third-order valence-electron chi connectivity index (χ3n) is 6.89. The molecule has 3 aromatic rings. The maximum absolute atomic E-state index is 13.3. The van der Waals surface area contributed by atoms with Crippen molar-refractivity contribution in [3.63, 3.8) is 0 Å². The number of aliphatic hydroxyl groups is 1. The van der Waals surface area contributed by atoms with Crippen LogP contribution in [0.15, 0.2) is 54.3 Å². The highest BCUT2D eigenvalue weighted by molar-refractivity contribution is 7.21. The van der Waals surface area contributed by atoms with E-state index in [4.69, 9.17) is 29.0 Å². The van der Waals surface area contributed by atoms with Crippen molar-refractivity contribution in [2.24, 2.45) is 17.8 Å². The van der Waals surface area contributed by atoms with Gasteiger partial charge >= 0.3 is 0 Å². The summed E-state index contributed by atoms with van der Waals surface area (Å²) in [5.74, 6) is 0.396. The SMILES string of the molecule is CCOC1OC(C(=O)Nc2ccc(-c3nc4ccc(C)cc4s3)cc2)=CC(C(C)C)C1CCOCCOCCO. The van der Waals surface area contributed by atoms with Gasteiger partial charge in [-0.1, -0.05) is 19.9 Å². The van der Waals surface area contributed by atoms with E-state index >= 15 is 0 Å². The van der Waals surface area contributed by atoms with Gasteiger partial charge in [-0.2, -0.15) is 0 Å². The van der Waals surface area contributed by atoms with Crippen LogP contribution in [0.2, 0.25) is 0 Å². The summed E-state index contributed by atoms with van der Waals surface area (Å²) in [6.45, 7) is 10.5. The van der Waals surface area contributed by atoms with Gasteiger partial charge in [0.2, 0.25) is 6.29 Å². The Bertz CT molecular complexity index is 1270. The molecule has 0 spiro atoms. The molecule has 9 heteroatoms. The Morgan fingerprint density at radius 1 is 1.10 bits per heavy atom. The molecular weight excluding hydrogens is 528 g/mol. The molecule has 0 saturated carbocycles. The van der Waals surface area contributed by atoms with Crippen molar-refractivity contribution in [2.45, 2.75) is 40.4 Å². The van der Waals surface area contributed by atoms with E-state index in [2.05, 4.69) is 38.2 Å². The molecule has 0 bridgehead atoms. The minimum atomic E-state index is -0.539. The number of carbonyl (C=O) groups excluding carboxylic acids is 1. The first kappa shape index (κ1) is 30.1. The Hall–Kier alpha value is -2.82. The van der Waals surface area contributed by atoms with Crippen LogP contribution in [0.1, 0.15) is 32.8 Å². The van der Waals surface area contributed by atoms with E-state index in [9.17, 15) is 4.79 Å². The molecule has 0 saturated heterocycles. The number of nitrogens with one attached hydrogen (secondary N) is 1. The standard InChI is InChI=1S/C31H40N2O6S/c1-5-38-31-24(12-14-36-16-17-37-15-13-34)25(20(2)3)19-27(39-31)29(35)32-23-9-7-22(8-10-23)30-33-26-11-6-21(4)18-28(26)40-30/h6-11,18-20,24-25,31,34H,5,12-17H2,1-4H3,(H,32,35). The number of ether oxygens (including phenoxy) is 4. The van der Waals surface area contributed by atoms with Gasteiger partial charge in [-0.05, 0) is 80.1 Å². The predicted octanol–water partition coefficient (Wildman–Crippen LogP) is 5.79. The maximum atomic E-state index is 13.3. The van der Waals surface area contributed by atoms with Crippen LogP contribution >= 0.6 is 11.3 Å². The largest absolute Gasteiger partial charge is 0.459 e. The number of rotatable bonds is 14. The topological polar surface area (TPSA) is 99.1 Å². The van der Waals surface area contributed by atoms with Crippen molar-refractivity contribution in [2.75, 3.05) is 45.0 Å². The van der Waals surface area contributed by atoms with Crippen molar-refractivity contribution < 1.29 is 28.8 Å².